The topological polar surface area (TPSA) is 35.2 Å². The molecule has 2 N–H and O–H groups in total. The molecule has 0 amide bonds. The average Bonchev–Trinajstić information content (AvgIpc) is 2.39. The van der Waals surface area contributed by atoms with Gasteiger partial charge < -0.3 is 10.5 Å². The molecule has 106 valence electrons. The Balaban J connectivity index is 2.14. The lowest BCUT2D eigenvalue weighted by Gasteiger charge is -2.07. The van der Waals surface area contributed by atoms with E-state index < -0.39 is 0 Å². The van der Waals surface area contributed by atoms with E-state index in [0.29, 0.717) is 11.4 Å². The molecule has 0 fully saturated rings. The highest BCUT2D eigenvalue weighted by atomic mass is 32.1. The molecule has 0 aliphatic rings. The molecule has 0 saturated carbocycles. The summed E-state index contributed by atoms with van der Waals surface area (Å²) in [6.45, 7) is 3.05. The van der Waals surface area contributed by atoms with Gasteiger partial charge in [0.25, 0.3) is 0 Å². The summed E-state index contributed by atoms with van der Waals surface area (Å²) < 4.78 is 5.71. The maximum Gasteiger partial charge on any atom is 0.119 e. The molecule has 2 nitrogen and oxygen atoms in total. The monoisotopic (exact) mass is 279 g/mol. The van der Waals surface area contributed by atoms with E-state index >= 15 is 0 Å². The van der Waals surface area contributed by atoms with Crippen LogP contribution in [0.4, 0.5) is 0 Å². The smallest absolute Gasteiger partial charge is 0.119 e. The van der Waals surface area contributed by atoms with Crippen molar-refractivity contribution in [1.82, 2.24) is 0 Å². The first-order valence-electron chi connectivity index (χ1n) is 7.22. The van der Waals surface area contributed by atoms with Gasteiger partial charge in [-0.3, -0.25) is 0 Å². The lowest BCUT2D eigenvalue weighted by atomic mass is 10.1. The third kappa shape index (κ3) is 7.83. The highest BCUT2D eigenvalue weighted by Gasteiger charge is 1.97. The van der Waals surface area contributed by atoms with Crippen molar-refractivity contribution in [2.45, 2.75) is 51.9 Å². The molecule has 1 aromatic carbocycles. The minimum absolute atomic E-state index is 0.528. The van der Waals surface area contributed by atoms with Gasteiger partial charge in [-0.25, -0.2) is 0 Å². The first kappa shape index (κ1) is 16.0. The zero-order chi connectivity index (χ0) is 13.9. The van der Waals surface area contributed by atoms with Crippen LogP contribution in [0.5, 0.6) is 5.75 Å². The minimum atomic E-state index is 0.528. The summed E-state index contributed by atoms with van der Waals surface area (Å²) in [7, 11) is 0. The summed E-state index contributed by atoms with van der Waals surface area (Å²) in [5.74, 6) is 0.931. The molecule has 1 aromatic rings. The van der Waals surface area contributed by atoms with Crippen molar-refractivity contribution in [2.75, 3.05) is 6.61 Å². The van der Waals surface area contributed by atoms with Crippen molar-refractivity contribution in [3.63, 3.8) is 0 Å². The molecule has 3 heteroatoms. The van der Waals surface area contributed by atoms with E-state index in [4.69, 9.17) is 22.7 Å². The largest absolute Gasteiger partial charge is 0.494 e. The molecule has 1 rings (SSSR count). The quantitative estimate of drug-likeness (QED) is 0.513. The Morgan fingerprint density at radius 3 is 2.32 bits per heavy atom. The lowest BCUT2D eigenvalue weighted by molar-refractivity contribution is 0.304. The fourth-order valence-electron chi connectivity index (χ4n) is 1.98. The van der Waals surface area contributed by atoms with Crippen LogP contribution in [0.3, 0.4) is 0 Å². The number of hydrogen-bond acceptors (Lipinski definition) is 2. The Morgan fingerprint density at radius 1 is 1.05 bits per heavy atom. The Hall–Kier alpha value is -1.09. The van der Waals surface area contributed by atoms with Gasteiger partial charge >= 0.3 is 0 Å². The Bertz CT molecular complexity index is 362. The summed E-state index contributed by atoms with van der Waals surface area (Å²) in [4.78, 5) is 0.528. The van der Waals surface area contributed by atoms with Gasteiger partial charge in [0.1, 0.15) is 5.75 Å². The van der Waals surface area contributed by atoms with Gasteiger partial charge in [-0.1, -0.05) is 63.4 Å². The van der Waals surface area contributed by atoms with E-state index in [-0.39, 0.29) is 0 Å². The third-order valence-corrected chi connectivity index (χ3v) is 3.21. The summed E-state index contributed by atoms with van der Waals surface area (Å²) in [6, 6.07) is 8.03. The molecule has 0 unspecified atom stereocenters. The fraction of sp³-hybridized carbons (Fsp3) is 0.562. The summed E-state index contributed by atoms with van der Waals surface area (Å²) in [5.41, 5.74) is 6.65. The van der Waals surface area contributed by atoms with Gasteiger partial charge in [0.05, 0.1) is 11.6 Å². The van der Waals surface area contributed by atoms with Crippen LogP contribution in [0.1, 0.15) is 51.0 Å². The van der Waals surface area contributed by atoms with E-state index in [2.05, 4.69) is 6.92 Å². The van der Waals surface area contributed by atoms with Crippen LogP contribution in [0, 0.1) is 0 Å². The molecule has 0 aliphatic heterocycles. The van der Waals surface area contributed by atoms with E-state index in [0.717, 1.165) is 24.3 Å². The molecule has 0 atom stereocenters. The third-order valence-electron chi connectivity index (χ3n) is 3.07. The second kappa shape index (κ2) is 9.79. The highest BCUT2D eigenvalue weighted by molar-refractivity contribution is 7.80. The average molecular weight is 279 g/mol. The molecule has 0 radical (unpaired) electrons. The molecule has 0 aromatic heterocycles. The highest BCUT2D eigenvalue weighted by Crippen LogP contribution is 2.13. The Morgan fingerprint density at radius 2 is 1.68 bits per heavy atom. The minimum Gasteiger partial charge on any atom is -0.494 e. The molecule has 0 saturated heterocycles. The molecule has 19 heavy (non-hydrogen) atoms. The van der Waals surface area contributed by atoms with E-state index in [9.17, 15) is 0 Å². The van der Waals surface area contributed by atoms with Crippen molar-refractivity contribution >= 4 is 17.2 Å². The van der Waals surface area contributed by atoms with Gasteiger partial charge in [0.2, 0.25) is 0 Å². The molecule has 0 spiro atoms. The van der Waals surface area contributed by atoms with Crippen LogP contribution in [0.2, 0.25) is 0 Å². The van der Waals surface area contributed by atoms with Gasteiger partial charge in [-0.2, -0.15) is 0 Å². The molecule has 0 heterocycles. The number of thiocarbonyl (C=S) groups is 1. The molecule has 0 bridgehead atoms. The predicted molar refractivity (Wildman–Crippen MR) is 85.8 cm³/mol. The van der Waals surface area contributed by atoms with Gasteiger partial charge in [-0.05, 0) is 24.1 Å². The maximum absolute atomic E-state index is 5.71. The van der Waals surface area contributed by atoms with Gasteiger partial charge in [0, 0.05) is 6.42 Å². The number of ether oxygens (including phenoxy) is 1. The fourth-order valence-corrected chi connectivity index (χ4v) is 2.14. The van der Waals surface area contributed by atoms with Crippen molar-refractivity contribution < 1.29 is 4.74 Å². The normalized spacial score (nSPS) is 10.4. The SMILES string of the molecule is CCCCCCCCOc1ccc(CC(N)=S)cc1. The van der Waals surface area contributed by atoms with E-state index in [1.165, 1.54) is 32.1 Å². The van der Waals surface area contributed by atoms with Gasteiger partial charge in [-0.15, -0.1) is 0 Å². The maximum atomic E-state index is 5.71. The van der Waals surface area contributed by atoms with Crippen LogP contribution >= 0.6 is 12.2 Å². The van der Waals surface area contributed by atoms with E-state index in [1.807, 2.05) is 24.3 Å². The second-order valence-electron chi connectivity index (χ2n) is 4.90. The van der Waals surface area contributed by atoms with Crippen LogP contribution in [0.15, 0.2) is 24.3 Å². The van der Waals surface area contributed by atoms with Crippen molar-refractivity contribution in [1.29, 1.82) is 0 Å². The second-order valence-corrected chi connectivity index (χ2v) is 5.43. The first-order chi connectivity index (χ1) is 9.22. The number of nitrogens with two attached hydrogens (primary N) is 1. The Labute approximate surface area is 122 Å². The Kier molecular flexibility index (Phi) is 8.23. The zero-order valence-electron chi connectivity index (χ0n) is 11.9. The molecule has 0 aliphatic carbocycles. The summed E-state index contributed by atoms with van der Waals surface area (Å²) in [6.07, 6.45) is 8.39. The standard InChI is InChI=1S/C16H25NOS/c1-2-3-4-5-6-7-12-18-15-10-8-14(9-11-15)13-16(17)19/h8-11H,2-7,12-13H2,1H3,(H2,17,19). The zero-order valence-corrected chi connectivity index (χ0v) is 12.7. The number of hydrogen-bond donors (Lipinski definition) is 1. The number of unbranched alkanes of at least 4 members (excludes halogenated alkanes) is 5. The van der Waals surface area contributed by atoms with Crippen LogP contribution in [-0.2, 0) is 6.42 Å². The van der Waals surface area contributed by atoms with Crippen LogP contribution < -0.4 is 10.5 Å². The number of benzene rings is 1. The molecular formula is C16H25NOS. The number of rotatable bonds is 10. The first-order valence-corrected chi connectivity index (χ1v) is 7.63. The van der Waals surface area contributed by atoms with Crippen LogP contribution in [0.25, 0.3) is 0 Å². The predicted octanol–water partition coefficient (Wildman–Crippen LogP) is 4.25. The molecular weight excluding hydrogens is 254 g/mol. The van der Waals surface area contributed by atoms with Crippen molar-refractivity contribution in [2.24, 2.45) is 5.73 Å². The van der Waals surface area contributed by atoms with Crippen LogP contribution in [-0.4, -0.2) is 11.6 Å². The van der Waals surface area contributed by atoms with Crippen molar-refractivity contribution in [3.8, 4) is 5.75 Å². The lowest BCUT2D eigenvalue weighted by Crippen LogP contribution is -2.10. The summed E-state index contributed by atoms with van der Waals surface area (Å²) >= 11 is 4.89. The summed E-state index contributed by atoms with van der Waals surface area (Å²) in [5, 5.41) is 0. The van der Waals surface area contributed by atoms with Gasteiger partial charge in [0.15, 0.2) is 0 Å². The van der Waals surface area contributed by atoms with Crippen molar-refractivity contribution in [3.05, 3.63) is 29.8 Å². The van der Waals surface area contributed by atoms with E-state index in [1.54, 1.807) is 0 Å².